The Bertz CT molecular complexity index is 389. The van der Waals surface area contributed by atoms with Gasteiger partial charge in [-0.25, -0.2) is 0 Å². The topological polar surface area (TPSA) is 52.3 Å². The zero-order valence-corrected chi connectivity index (χ0v) is 9.48. The summed E-state index contributed by atoms with van der Waals surface area (Å²) in [5.74, 6) is 1.03. The van der Waals surface area contributed by atoms with Crippen molar-refractivity contribution in [3.05, 3.63) is 29.8 Å². The van der Waals surface area contributed by atoms with E-state index in [2.05, 4.69) is 0 Å². The lowest BCUT2D eigenvalue weighted by atomic mass is 9.96. The van der Waals surface area contributed by atoms with Crippen molar-refractivity contribution in [1.82, 2.24) is 0 Å². The van der Waals surface area contributed by atoms with Gasteiger partial charge in [0, 0.05) is 17.5 Å². The molecule has 1 aromatic rings. The predicted molar refractivity (Wildman–Crippen MR) is 62.6 cm³/mol. The number of methoxy groups -OCH3 is 1. The highest BCUT2D eigenvalue weighted by molar-refractivity contribution is 5.98. The van der Waals surface area contributed by atoms with Crippen LogP contribution in [0.3, 0.4) is 0 Å². The van der Waals surface area contributed by atoms with Gasteiger partial charge in [-0.15, -0.1) is 0 Å². The van der Waals surface area contributed by atoms with Crippen LogP contribution < -0.4 is 10.5 Å². The SMILES string of the molecule is COc1cccc(C(=O)C2CCC(N)C2)c1. The molecule has 1 aliphatic carbocycles. The number of rotatable bonds is 3. The van der Waals surface area contributed by atoms with Crippen molar-refractivity contribution >= 4 is 5.78 Å². The zero-order chi connectivity index (χ0) is 11.5. The first-order chi connectivity index (χ1) is 7.70. The number of ether oxygens (including phenoxy) is 1. The van der Waals surface area contributed by atoms with Gasteiger partial charge in [-0.05, 0) is 31.4 Å². The number of hydrogen-bond acceptors (Lipinski definition) is 3. The molecule has 86 valence electrons. The summed E-state index contributed by atoms with van der Waals surface area (Å²) in [7, 11) is 1.61. The molecular formula is C13H17NO2. The van der Waals surface area contributed by atoms with Crippen molar-refractivity contribution in [2.24, 2.45) is 11.7 Å². The van der Waals surface area contributed by atoms with Gasteiger partial charge < -0.3 is 10.5 Å². The molecule has 0 heterocycles. The number of nitrogens with two attached hydrogens (primary N) is 1. The van der Waals surface area contributed by atoms with Crippen molar-refractivity contribution in [2.75, 3.05) is 7.11 Å². The van der Waals surface area contributed by atoms with Gasteiger partial charge in [0.2, 0.25) is 0 Å². The van der Waals surface area contributed by atoms with Crippen molar-refractivity contribution in [3.8, 4) is 5.75 Å². The number of Topliss-reactive ketones (excluding diaryl/α,β-unsaturated/α-hetero) is 1. The first-order valence-electron chi connectivity index (χ1n) is 5.64. The highest BCUT2D eigenvalue weighted by Crippen LogP contribution is 2.28. The smallest absolute Gasteiger partial charge is 0.166 e. The maximum atomic E-state index is 12.1. The normalized spacial score (nSPS) is 24.4. The molecule has 1 aromatic carbocycles. The van der Waals surface area contributed by atoms with Gasteiger partial charge in [-0.3, -0.25) is 4.79 Å². The van der Waals surface area contributed by atoms with Gasteiger partial charge in [0.1, 0.15) is 5.75 Å². The molecule has 1 fully saturated rings. The first kappa shape index (κ1) is 11.1. The molecule has 16 heavy (non-hydrogen) atoms. The fourth-order valence-corrected chi connectivity index (χ4v) is 2.27. The van der Waals surface area contributed by atoms with Crippen LogP contribution in [0.15, 0.2) is 24.3 Å². The zero-order valence-electron chi connectivity index (χ0n) is 9.48. The lowest BCUT2D eigenvalue weighted by Gasteiger charge is -2.09. The van der Waals surface area contributed by atoms with E-state index >= 15 is 0 Å². The fraction of sp³-hybridized carbons (Fsp3) is 0.462. The van der Waals surface area contributed by atoms with Gasteiger partial charge in [0.25, 0.3) is 0 Å². The monoisotopic (exact) mass is 219 g/mol. The molecule has 0 aliphatic heterocycles. The van der Waals surface area contributed by atoms with Gasteiger partial charge in [0.15, 0.2) is 5.78 Å². The van der Waals surface area contributed by atoms with Crippen molar-refractivity contribution < 1.29 is 9.53 Å². The molecule has 2 rings (SSSR count). The van der Waals surface area contributed by atoms with Crippen LogP contribution in [0, 0.1) is 5.92 Å². The number of benzene rings is 1. The Morgan fingerprint density at radius 2 is 2.25 bits per heavy atom. The number of ketones is 1. The lowest BCUT2D eigenvalue weighted by molar-refractivity contribution is 0.0921. The molecule has 0 bridgehead atoms. The van der Waals surface area contributed by atoms with Crippen LogP contribution in [0.1, 0.15) is 29.6 Å². The van der Waals surface area contributed by atoms with E-state index in [9.17, 15) is 4.79 Å². The molecule has 0 saturated heterocycles. The van der Waals surface area contributed by atoms with Crippen LogP contribution in [0.25, 0.3) is 0 Å². The fourth-order valence-electron chi connectivity index (χ4n) is 2.27. The molecule has 2 unspecified atom stereocenters. The van der Waals surface area contributed by atoms with Gasteiger partial charge in [-0.1, -0.05) is 12.1 Å². The second kappa shape index (κ2) is 4.66. The minimum atomic E-state index is 0.0992. The summed E-state index contributed by atoms with van der Waals surface area (Å²) < 4.78 is 5.11. The van der Waals surface area contributed by atoms with E-state index in [1.807, 2.05) is 18.2 Å². The standard InChI is InChI=1S/C13H17NO2/c1-16-12-4-2-3-9(8-12)13(15)10-5-6-11(14)7-10/h2-4,8,10-11H,5-7,14H2,1H3. The van der Waals surface area contributed by atoms with E-state index in [0.717, 1.165) is 30.6 Å². The summed E-state index contributed by atoms with van der Waals surface area (Å²) in [4.78, 5) is 12.1. The Hall–Kier alpha value is -1.35. The molecule has 3 nitrogen and oxygen atoms in total. The summed E-state index contributed by atoms with van der Waals surface area (Å²) >= 11 is 0. The minimum Gasteiger partial charge on any atom is -0.497 e. The Morgan fingerprint density at radius 3 is 2.88 bits per heavy atom. The van der Waals surface area contributed by atoms with Crippen molar-refractivity contribution in [1.29, 1.82) is 0 Å². The lowest BCUT2D eigenvalue weighted by Crippen LogP contribution is -2.18. The van der Waals surface area contributed by atoms with Crippen LogP contribution in [0.4, 0.5) is 0 Å². The van der Waals surface area contributed by atoms with E-state index in [4.69, 9.17) is 10.5 Å². The summed E-state index contributed by atoms with van der Waals surface area (Å²) in [6, 6.07) is 7.53. The second-order valence-corrected chi connectivity index (χ2v) is 4.37. The summed E-state index contributed by atoms with van der Waals surface area (Å²) in [6.07, 6.45) is 2.69. The first-order valence-corrected chi connectivity index (χ1v) is 5.64. The molecule has 0 radical (unpaired) electrons. The van der Waals surface area contributed by atoms with E-state index in [1.165, 1.54) is 0 Å². The second-order valence-electron chi connectivity index (χ2n) is 4.37. The Balaban J connectivity index is 2.14. The average Bonchev–Trinajstić information content (AvgIpc) is 2.75. The maximum Gasteiger partial charge on any atom is 0.166 e. The van der Waals surface area contributed by atoms with Gasteiger partial charge in [-0.2, -0.15) is 0 Å². The molecule has 2 atom stereocenters. The van der Waals surface area contributed by atoms with Crippen molar-refractivity contribution in [3.63, 3.8) is 0 Å². The minimum absolute atomic E-state index is 0.0992. The maximum absolute atomic E-state index is 12.1. The number of hydrogen-bond donors (Lipinski definition) is 1. The quantitative estimate of drug-likeness (QED) is 0.791. The van der Waals surface area contributed by atoms with Gasteiger partial charge >= 0.3 is 0 Å². The summed E-state index contributed by atoms with van der Waals surface area (Å²) in [5, 5.41) is 0. The van der Waals surface area contributed by atoms with Crippen LogP contribution in [-0.4, -0.2) is 18.9 Å². The summed E-state index contributed by atoms with van der Waals surface area (Å²) in [6.45, 7) is 0. The molecule has 0 spiro atoms. The van der Waals surface area contributed by atoms with Gasteiger partial charge in [0.05, 0.1) is 7.11 Å². The molecule has 3 heteroatoms. The Morgan fingerprint density at radius 1 is 1.44 bits per heavy atom. The molecule has 1 saturated carbocycles. The van der Waals surface area contributed by atoms with Crippen LogP contribution in [0.5, 0.6) is 5.75 Å². The third kappa shape index (κ3) is 2.25. The predicted octanol–water partition coefficient (Wildman–Crippen LogP) is 2.01. The highest BCUT2D eigenvalue weighted by atomic mass is 16.5. The third-order valence-electron chi connectivity index (χ3n) is 3.20. The third-order valence-corrected chi connectivity index (χ3v) is 3.20. The van der Waals surface area contributed by atoms with Crippen LogP contribution >= 0.6 is 0 Å². The largest absolute Gasteiger partial charge is 0.497 e. The average molecular weight is 219 g/mol. The Labute approximate surface area is 95.6 Å². The van der Waals surface area contributed by atoms with Crippen LogP contribution in [0.2, 0.25) is 0 Å². The van der Waals surface area contributed by atoms with E-state index < -0.39 is 0 Å². The number of carbonyl (C=O) groups excluding carboxylic acids is 1. The molecule has 0 aromatic heterocycles. The molecular weight excluding hydrogens is 202 g/mol. The van der Waals surface area contributed by atoms with Crippen molar-refractivity contribution in [2.45, 2.75) is 25.3 Å². The van der Waals surface area contributed by atoms with E-state index in [0.29, 0.717) is 0 Å². The molecule has 2 N–H and O–H groups in total. The number of carbonyl (C=O) groups is 1. The Kier molecular flexibility index (Phi) is 3.25. The molecule has 1 aliphatic rings. The highest BCUT2D eigenvalue weighted by Gasteiger charge is 2.28. The van der Waals surface area contributed by atoms with E-state index in [1.54, 1.807) is 13.2 Å². The summed E-state index contributed by atoms with van der Waals surface area (Å²) in [5.41, 5.74) is 6.55. The van der Waals surface area contributed by atoms with E-state index in [-0.39, 0.29) is 17.7 Å². The molecule has 0 amide bonds. The van der Waals surface area contributed by atoms with Crippen LogP contribution in [-0.2, 0) is 0 Å².